The van der Waals surface area contributed by atoms with Crippen molar-refractivity contribution >= 4 is 22.7 Å². The fourth-order valence-electron chi connectivity index (χ4n) is 3.65. The highest BCUT2D eigenvalue weighted by Crippen LogP contribution is 2.22. The Hall–Kier alpha value is -2.30. The molecule has 0 bridgehead atoms. The smallest absolute Gasteiger partial charge is 0.225 e. The summed E-state index contributed by atoms with van der Waals surface area (Å²) in [5.74, 6) is -0.0799. The fraction of sp³-hybridized carbons (Fsp3) is 0.524. The lowest BCUT2D eigenvalue weighted by Gasteiger charge is -2.16. The van der Waals surface area contributed by atoms with Crippen molar-refractivity contribution in [3.63, 3.8) is 0 Å². The van der Waals surface area contributed by atoms with Crippen molar-refractivity contribution in [2.75, 3.05) is 19.6 Å². The number of H-pyrrole nitrogens is 1. The Morgan fingerprint density at radius 2 is 2.19 bits per heavy atom. The summed E-state index contributed by atoms with van der Waals surface area (Å²) < 4.78 is 0. The van der Waals surface area contributed by atoms with Gasteiger partial charge in [-0.25, -0.2) is 0 Å². The van der Waals surface area contributed by atoms with Gasteiger partial charge in [0.25, 0.3) is 0 Å². The second kappa shape index (κ2) is 8.39. The second-order valence-corrected chi connectivity index (χ2v) is 7.35. The maximum Gasteiger partial charge on any atom is 0.225 e. The third-order valence-electron chi connectivity index (χ3n) is 5.24. The fourth-order valence-corrected chi connectivity index (χ4v) is 3.65. The standard InChI is InChI=1S/C21H29N3O2/c1-3-4-5-9-22-21(26)17-12-20(25)24(14-17)10-8-16-13-23-19-7-6-15(2)11-18(16)19/h6-7,11,13,17,23H,3-5,8-10,12,14H2,1-2H3,(H,22,26)/t17-/m1/s1. The van der Waals surface area contributed by atoms with E-state index >= 15 is 0 Å². The summed E-state index contributed by atoms with van der Waals surface area (Å²) in [5, 5.41) is 4.20. The third-order valence-corrected chi connectivity index (χ3v) is 5.24. The lowest BCUT2D eigenvalue weighted by molar-refractivity contribution is -0.129. The van der Waals surface area contributed by atoms with Crippen LogP contribution in [0.25, 0.3) is 10.9 Å². The van der Waals surface area contributed by atoms with Crippen molar-refractivity contribution < 1.29 is 9.59 Å². The number of benzene rings is 1. The molecule has 0 unspecified atom stereocenters. The van der Waals surface area contributed by atoms with Crippen molar-refractivity contribution in [3.8, 4) is 0 Å². The van der Waals surface area contributed by atoms with Gasteiger partial charge in [0.2, 0.25) is 11.8 Å². The Balaban J connectivity index is 1.53. The van der Waals surface area contributed by atoms with Crippen LogP contribution in [0.2, 0.25) is 0 Å². The van der Waals surface area contributed by atoms with Crippen LogP contribution in [-0.4, -0.2) is 41.3 Å². The summed E-state index contributed by atoms with van der Waals surface area (Å²) in [5.41, 5.74) is 3.59. The molecule has 1 aliphatic rings. The quantitative estimate of drug-likeness (QED) is 0.714. The maximum atomic E-state index is 12.3. The number of nitrogens with one attached hydrogen (secondary N) is 2. The predicted octanol–water partition coefficient (Wildman–Crippen LogP) is 3.17. The number of aromatic amines is 1. The Kier molecular flexibility index (Phi) is 5.96. The molecular formula is C21H29N3O2. The Morgan fingerprint density at radius 1 is 1.35 bits per heavy atom. The van der Waals surface area contributed by atoms with Crippen molar-refractivity contribution in [2.24, 2.45) is 5.92 Å². The minimum atomic E-state index is -0.200. The van der Waals surface area contributed by atoms with Gasteiger partial charge in [-0.05, 0) is 37.5 Å². The van der Waals surface area contributed by atoms with E-state index in [-0.39, 0.29) is 17.7 Å². The molecule has 26 heavy (non-hydrogen) atoms. The SMILES string of the molecule is CCCCCNC(=O)[C@@H]1CC(=O)N(CCc2c[nH]c3ccc(C)cc23)C1. The van der Waals surface area contributed by atoms with Crippen LogP contribution in [0.1, 0.15) is 43.7 Å². The summed E-state index contributed by atoms with van der Waals surface area (Å²) >= 11 is 0. The summed E-state index contributed by atoms with van der Waals surface area (Å²) in [6.45, 7) is 6.15. The largest absolute Gasteiger partial charge is 0.361 e. The highest BCUT2D eigenvalue weighted by molar-refractivity contribution is 5.89. The predicted molar refractivity (Wildman–Crippen MR) is 104 cm³/mol. The van der Waals surface area contributed by atoms with Gasteiger partial charge in [-0.15, -0.1) is 0 Å². The first-order valence-electron chi connectivity index (χ1n) is 9.70. The molecule has 0 aliphatic carbocycles. The molecular weight excluding hydrogens is 326 g/mol. The zero-order valence-corrected chi connectivity index (χ0v) is 15.8. The van der Waals surface area contributed by atoms with Crippen LogP contribution >= 0.6 is 0 Å². The van der Waals surface area contributed by atoms with Gasteiger partial charge >= 0.3 is 0 Å². The van der Waals surface area contributed by atoms with Crippen molar-refractivity contribution in [3.05, 3.63) is 35.5 Å². The van der Waals surface area contributed by atoms with Crippen LogP contribution in [0.3, 0.4) is 0 Å². The van der Waals surface area contributed by atoms with E-state index in [9.17, 15) is 9.59 Å². The summed E-state index contributed by atoms with van der Waals surface area (Å²) in [7, 11) is 0. The van der Waals surface area contributed by atoms with Crippen LogP contribution in [0.4, 0.5) is 0 Å². The minimum Gasteiger partial charge on any atom is -0.361 e. The number of amides is 2. The molecule has 0 spiro atoms. The number of likely N-dealkylation sites (tertiary alicyclic amines) is 1. The van der Waals surface area contributed by atoms with Gasteiger partial charge < -0.3 is 15.2 Å². The van der Waals surface area contributed by atoms with Gasteiger partial charge in [-0.1, -0.05) is 31.4 Å². The van der Waals surface area contributed by atoms with Crippen LogP contribution in [-0.2, 0) is 16.0 Å². The number of aromatic nitrogens is 1. The van der Waals surface area contributed by atoms with E-state index in [4.69, 9.17) is 0 Å². The molecule has 5 heteroatoms. The first-order chi connectivity index (χ1) is 12.6. The van der Waals surface area contributed by atoms with Gasteiger partial charge in [0.15, 0.2) is 0 Å². The number of hydrogen-bond donors (Lipinski definition) is 2. The molecule has 2 amide bonds. The van der Waals surface area contributed by atoms with Crippen molar-refractivity contribution in [2.45, 2.75) is 46.0 Å². The zero-order chi connectivity index (χ0) is 18.5. The molecule has 2 aromatic rings. The number of hydrogen-bond acceptors (Lipinski definition) is 2. The van der Waals surface area contributed by atoms with Gasteiger partial charge in [0, 0.05) is 43.2 Å². The van der Waals surface area contributed by atoms with Crippen LogP contribution < -0.4 is 5.32 Å². The number of aryl methyl sites for hydroxylation is 1. The van der Waals surface area contributed by atoms with Gasteiger partial charge in [0.1, 0.15) is 0 Å². The maximum absolute atomic E-state index is 12.3. The van der Waals surface area contributed by atoms with Gasteiger partial charge in [-0.3, -0.25) is 9.59 Å². The molecule has 2 N–H and O–H groups in total. The van der Waals surface area contributed by atoms with E-state index in [1.807, 2.05) is 11.1 Å². The lowest BCUT2D eigenvalue weighted by Crippen LogP contribution is -2.34. The monoisotopic (exact) mass is 355 g/mol. The zero-order valence-electron chi connectivity index (χ0n) is 15.8. The van der Waals surface area contributed by atoms with E-state index in [1.165, 1.54) is 16.5 Å². The number of carbonyl (C=O) groups is 2. The second-order valence-electron chi connectivity index (χ2n) is 7.35. The average Bonchev–Trinajstić information content (AvgIpc) is 3.20. The third kappa shape index (κ3) is 4.26. The molecule has 1 aliphatic heterocycles. The molecule has 0 saturated carbocycles. The van der Waals surface area contributed by atoms with Crippen LogP contribution in [0.15, 0.2) is 24.4 Å². The molecule has 140 valence electrons. The van der Waals surface area contributed by atoms with Gasteiger partial charge in [0.05, 0.1) is 5.92 Å². The topological polar surface area (TPSA) is 65.2 Å². The molecule has 1 saturated heterocycles. The van der Waals surface area contributed by atoms with Crippen molar-refractivity contribution in [1.82, 2.24) is 15.2 Å². The number of carbonyl (C=O) groups excluding carboxylic acids is 2. The van der Waals surface area contributed by atoms with E-state index in [0.717, 1.165) is 31.2 Å². The van der Waals surface area contributed by atoms with Crippen LogP contribution in [0.5, 0.6) is 0 Å². The number of nitrogens with zero attached hydrogens (tertiary/aromatic N) is 1. The minimum absolute atomic E-state index is 0.0275. The van der Waals surface area contributed by atoms with E-state index < -0.39 is 0 Å². The molecule has 0 radical (unpaired) electrons. The van der Waals surface area contributed by atoms with E-state index in [2.05, 4.69) is 42.3 Å². The molecule has 1 aromatic heterocycles. The first-order valence-corrected chi connectivity index (χ1v) is 9.70. The molecule has 2 heterocycles. The number of rotatable bonds is 8. The lowest BCUT2D eigenvalue weighted by atomic mass is 10.1. The molecule has 3 rings (SSSR count). The molecule has 1 aromatic carbocycles. The normalized spacial score (nSPS) is 17.2. The Bertz CT molecular complexity index is 781. The number of unbranched alkanes of at least 4 members (excludes halogenated alkanes) is 2. The highest BCUT2D eigenvalue weighted by atomic mass is 16.2. The summed E-state index contributed by atoms with van der Waals surface area (Å²) in [4.78, 5) is 29.7. The Morgan fingerprint density at radius 3 is 3.00 bits per heavy atom. The van der Waals surface area contributed by atoms with E-state index in [0.29, 0.717) is 26.1 Å². The summed E-state index contributed by atoms with van der Waals surface area (Å²) in [6, 6.07) is 6.37. The van der Waals surface area contributed by atoms with Crippen LogP contribution in [0, 0.1) is 12.8 Å². The molecule has 1 fully saturated rings. The highest BCUT2D eigenvalue weighted by Gasteiger charge is 2.33. The molecule has 5 nitrogen and oxygen atoms in total. The van der Waals surface area contributed by atoms with E-state index in [1.54, 1.807) is 0 Å². The molecule has 1 atom stereocenters. The first kappa shape index (κ1) is 18.5. The van der Waals surface area contributed by atoms with Crippen molar-refractivity contribution in [1.29, 1.82) is 0 Å². The average molecular weight is 355 g/mol. The Labute approximate surface area is 155 Å². The summed E-state index contributed by atoms with van der Waals surface area (Å²) in [6.07, 6.45) is 6.45. The van der Waals surface area contributed by atoms with Gasteiger partial charge in [-0.2, -0.15) is 0 Å². The number of fused-ring (bicyclic) bond motifs is 1.